The Hall–Kier alpha value is -5.55. The number of amides is 2. The molecule has 4 aromatic carbocycles. The number of nitrogens with zero attached hydrogens (tertiary/aromatic N) is 1. The number of benzene rings is 4. The Bertz CT molecular complexity index is 3890. The van der Waals surface area contributed by atoms with Crippen molar-refractivity contribution in [3.05, 3.63) is 137 Å². The molecule has 0 saturated carbocycles. The number of aliphatic hydroxyl groups is 1. The van der Waals surface area contributed by atoms with Crippen molar-refractivity contribution in [2.45, 2.75) is 210 Å². The number of rotatable bonds is 14. The van der Waals surface area contributed by atoms with Gasteiger partial charge < -0.3 is 27.2 Å². The Labute approximate surface area is 632 Å². The van der Waals surface area contributed by atoms with Gasteiger partial charge in [0.05, 0.1) is 37.1 Å². The van der Waals surface area contributed by atoms with Crippen LogP contribution in [0.1, 0.15) is 229 Å². The van der Waals surface area contributed by atoms with Crippen LogP contribution >= 0.6 is 79.5 Å². The fourth-order valence-electron chi connectivity index (χ4n) is 15.5. The Morgan fingerprint density at radius 1 is 0.535 bits per heavy atom. The predicted octanol–water partition coefficient (Wildman–Crippen LogP) is 20.4. The second-order valence-electron chi connectivity index (χ2n) is 26.6. The van der Waals surface area contributed by atoms with Gasteiger partial charge in [-0.15, -0.1) is 23.2 Å². The van der Waals surface area contributed by atoms with Gasteiger partial charge >= 0.3 is 24.8 Å². The summed E-state index contributed by atoms with van der Waals surface area (Å²) in [6.45, 7) is 12.7. The van der Waals surface area contributed by atoms with Crippen LogP contribution in [0.5, 0.6) is 0 Å². The average molecular weight is 1600 g/mol. The molecule has 4 atom stereocenters. The molecule has 4 unspecified atom stereocenters. The summed E-state index contributed by atoms with van der Waals surface area (Å²) in [4.78, 5) is 79.7. The topological polar surface area (TPSA) is 228 Å². The molecule has 13 nitrogen and oxygen atoms in total. The summed E-state index contributed by atoms with van der Waals surface area (Å²) in [5.41, 5.74) is 23.8. The fraction of sp³-hybridized carbons (Fsp3) is 0.494. The number of carbonyl (C=O) groups excluding carboxylic acids is 7. The number of fused-ring (bicyclic) bond motifs is 12. The number of Topliss-reactive ketones (excluding diaryl/α,β-unsaturated/α-hetero) is 2. The first-order valence-electron chi connectivity index (χ1n) is 33.9. The molecule has 0 aromatic heterocycles. The van der Waals surface area contributed by atoms with Crippen molar-refractivity contribution in [2.75, 3.05) is 34.5 Å². The number of thiol groups is 1. The van der Waals surface area contributed by atoms with Crippen molar-refractivity contribution in [2.24, 2.45) is 26.0 Å². The fourth-order valence-corrected chi connectivity index (χ4v) is 17.1. The molecule has 549 valence electrons. The van der Waals surface area contributed by atoms with Crippen LogP contribution < -0.4 is 22.1 Å². The Morgan fingerprint density at radius 2 is 0.802 bits per heavy atom. The van der Waals surface area contributed by atoms with Crippen LogP contribution in [0.3, 0.4) is 0 Å². The minimum atomic E-state index is -0.457. The first-order chi connectivity index (χ1) is 47.4. The van der Waals surface area contributed by atoms with Crippen LogP contribution in [-0.4, -0.2) is 65.4 Å². The van der Waals surface area contributed by atoms with Crippen molar-refractivity contribution in [3.63, 3.8) is 0 Å². The molecule has 0 saturated heterocycles. The SMILES string of the molecule is C.CC(=O)Cl.CCCCC12CCC(=O)C(Br)=C1c1cc(F)c(N)cc1C2.CCCCC12CCC(=O)C(Br)=C1c1cc(F)c(NC(C)=O)cc1C2.CCCCC12CCC(=O)C=C1c1cc(F)c(N)cc1C2.CCCCC12CCC(=O)C=C1c1cc(F)c(NC(C)=O)cc1C2.CO.ClCCl.[B]=NS. The van der Waals surface area contributed by atoms with Crippen LogP contribution in [-0.2, 0) is 59.2 Å². The molecule has 101 heavy (non-hydrogen) atoms. The Balaban J connectivity index is 0.000000270. The van der Waals surface area contributed by atoms with Crippen LogP contribution in [0, 0.1) is 44.9 Å². The van der Waals surface area contributed by atoms with E-state index in [0.29, 0.717) is 34.6 Å². The zero-order valence-corrected chi connectivity index (χ0v) is 64.6. The van der Waals surface area contributed by atoms with Crippen LogP contribution in [0.25, 0.3) is 22.3 Å². The molecule has 0 bridgehead atoms. The van der Waals surface area contributed by atoms with E-state index in [9.17, 15) is 51.1 Å². The maximum absolute atomic E-state index is 14.4. The molecule has 4 aromatic rings. The monoisotopic (exact) mass is 1600 g/mol. The quantitative estimate of drug-likeness (QED) is 0.0175. The summed E-state index contributed by atoms with van der Waals surface area (Å²) in [6.07, 6.45) is 25.5. The number of carbonyl (C=O) groups is 7. The molecule has 7 N–H and O–H groups in total. The number of aliphatic hydroxyl groups excluding tert-OH is 1. The normalized spacial score (nSPS) is 20.9. The molecule has 1 radical (unpaired) electrons. The second kappa shape index (κ2) is 40.1. The molecule has 8 aliphatic rings. The molecule has 0 heterocycles. The summed E-state index contributed by atoms with van der Waals surface area (Å²) in [7, 11) is 5.34. The molecule has 2 amide bonds. The number of nitrogens with one attached hydrogen (secondary N) is 2. The van der Waals surface area contributed by atoms with E-state index in [4.69, 9.17) is 39.8 Å². The van der Waals surface area contributed by atoms with E-state index in [0.717, 1.165) is 202 Å². The number of halogens is 9. The van der Waals surface area contributed by atoms with Crippen molar-refractivity contribution >= 4 is 172 Å². The van der Waals surface area contributed by atoms with E-state index in [1.54, 1.807) is 36.4 Å². The Kier molecular flexibility index (Phi) is 34.9. The number of anilines is 4. The number of ketones is 4. The van der Waals surface area contributed by atoms with Gasteiger partial charge in [-0.05, 0) is 248 Å². The molecule has 0 aliphatic heterocycles. The first kappa shape index (κ1) is 87.9. The summed E-state index contributed by atoms with van der Waals surface area (Å²) in [5.74, 6) is -1.73. The maximum atomic E-state index is 14.4. The summed E-state index contributed by atoms with van der Waals surface area (Å²) in [5, 5.41) is 11.9. The molecule has 0 fully saturated rings. The van der Waals surface area contributed by atoms with E-state index in [1.165, 1.54) is 45.0 Å². The van der Waals surface area contributed by atoms with Crippen LogP contribution in [0.15, 0.2) is 73.9 Å². The number of hydrogen-bond donors (Lipinski definition) is 6. The summed E-state index contributed by atoms with van der Waals surface area (Å²) < 4.78 is 60.3. The number of nitrogens with two attached hydrogens (primary N) is 2. The zero-order valence-electron chi connectivity index (χ0n) is 58.3. The molecular weight excluding hydrogens is 1510 g/mol. The average Bonchev–Trinajstić information content (AvgIpc) is 1.61. The van der Waals surface area contributed by atoms with E-state index in [-0.39, 0.29) is 103 Å². The number of nitrogen functional groups attached to an aromatic ring is 2. The summed E-state index contributed by atoms with van der Waals surface area (Å²) in [6, 6.07) is 13.0. The molecule has 0 spiro atoms. The molecule has 8 aliphatic carbocycles. The third-order valence-electron chi connectivity index (χ3n) is 19.8. The van der Waals surface area contributed by atoms with Crippen molar-refractivity contribution in [1.29, 1.82) is 0 Å². The van der Waals surface area contributed by atoms with Gasteiger partial charge in [0.15, 0.2) is 23.1 Å². The zero-order chi connectivity index (χ0) is 74.6. The third kappa shape index (κ3) is 21.4. The van der Waals surface area contributed by atoms with Crippen LogP contribution in [0.2, 0.25) is 0 Å². The Morgan fingerprint density at radius 3 is 1.14 bits per heavy atom. The first-order valence-corrected chi connectivity index (χ1v) is 37.4. The van der Waals surface area contributed by atoms with Crippen molar-refractivity contribution in [1.82, 2.24) is 0 Å². The van der Waals surface area contributed by atoms with E-state index < -0.39 is 17.5 Å². The van der Waals surface area contributed by atoms with Crippen molar-refractivity contribution < 1.29 is 56.2 Å². The summed E-state index contributed by atoms with van der Waals surface area (Å²) >= 11 is 24.3. The molecule has 12 rings (SSSR count). The minimum absolute atomic E-state index is 0. The number of hydrogen-bond acceptors (Lipinski definition) is 12. The third-order valence-corrected chi connectivity index (χ3v) is 21.5. The van der Waals surface area contributed by atoms with Gasteiger partial charge in [0.25, 0.3) is 0 Å². The standard InChI is InChI=1S/C19H21BrFNO2.C19H22FNO2.C17H19BrFNO.C17H20FNO.C2H3ClO.CH2Cl2.CH4O.CH4.BHNS/c1-3-4-6-19-7-5-16(24)18(20)17(19)13-9-14(21)15(22-11(2)23)8-12(13)10-19;1-3-4-6-19-7-5-14(23)9-16(19)15-10-17(20)18(21-12(2)22)8-13(15)11-19;1-2-3-5-17-6-4-14(21)16(18)15(17)11-8-12(19)13(20)7-10(11)9-17;1-2-3-5-17-6-4-12(20)8-14(17)13-9-15(18)16(19)7-11(13)10-17;1-2(3)4;2-1-3;1-2;;1-2-3/h8-9H,3-7,10H2,1-2H3,(H,22,23);8-10H,3-7,11H2,1-2H3,(H,21,22);7-8H,2-6,9,20H2,1H3;7-9H,2-6,10,19H2,1H3;1H3;1H2;2H,1H3;1H4;3H. The second-order valence-corrected chi connectivity index (χ2v) is 29.8. The van der Waals surface area contributed by atoms with E-state index >= 15 is 0 Å². The van der Waals surface area contributed by atoms with E-state index in [1.807, 2.05) is 0 Å². The molecule has 24 heteroatoms. The number of unbranched alkanes of at least 4 members (excludes halogenated alkanes) is 4. The van der Waals surface area contributed by atoms with E-state index in [2.05, 4.69) is 107 Å². The van der Waals surface area contributed by atoms with Gasteiger partial charge in [-0.2, -0.15) is 0 Å². The number of alkyl halides is 2. The van der Waals surface area contributed by atoms with Crippen LogP contribution in [0.4, 0.5) is 40.3 Å². The van der Waals surface area contributed by atoms with Gasteiger partial charge in [-0.25, -0.2) is 17.6 Å². The van der Waals surface area contributed by atoms with Crippen molar-refractivity contribution in [3.8, 4) is 0 Å². The number of allylic oxidation sites excluding steroid dienone is 8. The van der Waals surface area contributed by atoms with Gasteiger partial charge in [0.1, 0.15) is 23.3 Å². The van der Waals surface area contributed by atoms with Gasteiger partial charge in [0.2, 0.25) is 17.1 Å². The van der Waals surface area contributed by atoms with Gasteiger partial charge in [0, 0.05) is 75.2 Å². The van der Waals surface area contributed by atoms with Gasteiger partial charge in [-0.1, -0.05) is 86.5 Å². The predicted molar refractivity (Wildman–Crippen MR) is 415 cm³/mol. The van der Waals surface area contributed by atoms with Gasteiger partial charge in [-0.3, -0.25) is 33.6 Å². The molecular formula is C77H96BBr2Cl3F4N5O8S.